The number of aryl methyl sites for hydroxylation is 2. The van der Waals surface area contributed by atoms with Crippen LogP contribution in [-0.2, 0) is 17.6 Å². The molecule has 1 nitrogen and oxygen atoms in total. The van der Waals surface area contributed by atoms with Gasteiger partial charge in [-0.05, 0) is 48.8 Å². The molecule has 1 saturated heterocycles. The fourth-order valence-electron chi connectivity index (χ4n) is 2.64. The van der Waals surface area contributed by atoms with Crippen LogP contribution in [0.15, 0.2) is 18.2 Å². The Hall–Kier alpha value is -0.340. The Morgan fingerprint density at radius 1 is 1.28 bits per heavy atom. The van der Waals surface area contributed by atoms with Gasteiger partial charge in [0.2, 0.25) is 0 Å². The molecule has 1 aliphatic rings. The Morgan fingerprint density at radius 2 is 2.11 bits per heavy atom. The van der Waals surface area contributed by atoms with Crippen LogP contribution in [0.4, 0.5) is 0 Å². The molecule has 1 aliphatic heterocycles. The maximum atomic E-state index is 5.92. The Kier molecular flexibility index (Phi) is 5.25. The molecule has 0 aromatic heterocycles. The molecule has 0 N–H and O–H groups in total. The molecule has 0 saturated carbocycles. The summed E-state index contributed by atoms with van der Waals surface area (Å²) >= 11 is 3.88. The topological polar surface area (TPSA) is 9.23 Å². The summed E-state index contributed by atoms with van der Waals surface area (Å²) in [4.78, 5) is 0.347. The number of alkyl halides is 1. The quantitative estimate of drug-likeness (QED) is 0.725. The monoisotopic (exact) mass is 310 g/mol. The summed E-state index contributed by atoms with van der Waals surface area (Å²) < 4.78 is 5.92. The summed E-state index contributed by atoms with van der Waals surface area (Å²) in [6.45, 7) is 5.36. The first-order valence-electron chi connectivity index (χ1n) is 7.13. The summed E-state index contributed by atoms with van der Waals surface area (Å²) in [5.74, 6) is 0. The number of halogens is 1. The number of hydrogen-bond acceptors (Lipinski definition) is 1. The van der Waals surface area contributed by atoms with Gasteiger partial charge in [0.05, 0.1) is 10.9 Å². The van der Waals surface area contributed by atoms with E-state index < -0.39 is 0 Å². The van der Waals surface area contributed by atoms with E-state index >= 15 is 0 Å². The molecule has 0 amide bonds. The first-order valence-corrected chi connectivity index (χ1v) is 8.05. The van der Waals surface area contributed by atoms with Crippen molar-refractivity contribution in [2.75, 3.05) is 6.61 Å². The summed E-state index contributed by atoms with van der Waals surface area (Å²) in [5, 5.41) is 0. The third-order valence-electron chi connectivity index (χ3n) is 3.84. The van der Waals surface area contributed by atoms with Crippen molar-refractivity contribution >= 4 is 15.9 Å². The van der Waals surface area contributed by atoms with E-state index in [2.05, 4.69) is 48.0 Å². The zero-order chi connectivity index (χ0) is 13.0. The highest BCUT2D eigenvalue weighted by molar-refractivity contribution is 9.09. The first kappa shape index (κ1) is 14.1. The summed E-state index contributed by atoms with van der Waals surface area (Å²) in [6, 6.07) is 6.89. The lowest BCUT2D eigenvalue weighted by molar-refractivity contribution is 0.0159. The van der Waals surface area contributed by atoms with Crippen molar-refractivity contribution in [3.05, 3.63) is 34.9 Å². The normalized spacial score (nSPS) is 21.8. The second kappa shape index (κ2) is 6.72. The standard InChI is InChI=1S/C16H23BrO/c1-3-12-8-9-13(4-2)14(11-12)16(17)15-7-5-6-10-18-15/h8-9,11,15-16H,3-7,10H2,1-2H3. The number of hydrogen-bond donors (Lipinski definition) is 0. The van der Waals surface area contributed by atoms with Gasteiger partial charge in [-0.25, -0.2) is 0 Å². The molecule has 0 aliphatic carbocycles. The molecule has 0 bridgehead atoms. The van der Waals surface area contributed by atoms with E-state index in [1.165, 1.54) is 36.0 Å². The molecule has 2 rings (SSSR count). The average Bonchev–Trinajstić information content (AvgIpc) is 2.46. The summed E-state index contributed by atoms with van der Waals surface area (Å²) in [5.41, 5.74) is 4.30. The zero-order valence-electron chi connectivity index (χ0n) is 11.4. The highest BCUT2D eigenvalue weighted by Crippen LogP contribution is 2.36. The smallest absolute Gasteiger partial charge is 0.0741 e. The van der Waals surface area contributed by atoms with Crippen molar-refractivity contribution in [1.82, 2.24) is 0 Å². The van der Waals surface area contributed by atoms with Gasteiger partial charge in [0.25, 0.3) is 0 Å². The van der Waals surface area contributed by atoms with Crippen LogP contribution in [0.1, 0.15) is 54.6 Å². The van der Waals surface area contributed by atoms with E-state index in [1.807, 2.05) is 0 Å². The molecule has 100 valence electrons. The molecule has 1 aromatic carbocycles. The fraction of sp³-hybridized carbons (Fsp3) is 0.625. The lowest BCUT2D eigenvalue weighted by Crippen LogP contribution is -2.24. The largest absolute Gasteiger partial charge is 0.377 e. The number of benzene rings is 1. The van der Waals surface area contributed by atoms with Crippen molar-refractivity contribution in [3.8, 4) is 0 Å². The van der Waals surface area contributed by atoms with Crippen LogP contribution in [0, 0.1) is 0 Å². The minimum Gasteiger partial charge on any atom is -0.377 e. The van der Waals surface area contributed by atoms with Gasteiger partial charge in [0.15, 0.2) is 0 Å². The Labute approximate surface area is 119 Å². The van der Waals surface area contributed by atoms with Crippen LogP contribution in [0.25, 0.3) is 0 Å². The van der Waals surface area contributed by atoms with E-state index in [0.717, 1.165) is 19.4 Å². The lowest BCUT2D eigenvalue weighted by Gasteiger charge is -2.28. The van der Waals surface area contributed by atoms with Crippen molar-refractivity contribution in [1.29, 1.82) is 0 Å². The van der Waals surface area contributed by atoms with Crippen molar-refractivity contribution < 1.29 is 4.74 Å². The van der Waals surface area contributed by atoms with Gasteiger partial charge in [-0.1, -0.05) is 48.0 Å². The molecular formula is C16H23BrO. The number of ether oxygens (including phenoxy) is 1. The van der Waals surface area contributed by atoms with E-state index in [0.29, 0.717) is 10.9 Å². The second-order valence-electron chi connectivity index (χ2n) is 5.05. The Bertz CT molecular complexity index is 383. The molecule has 2 atom stereocenters. The van der Waals surface area contributed by atoms with Crippen LogP contribution >= 0.6 is 15.9 Å². The molecule has 1 fully saturated rings. The van der Waals surface area contributed by atoms with Crippen LogP contribution in [-0.4, -0.2) is 12.7 Å². The Morgan fingerprint density at radius 3 is 2.72 bits per heavy atom. The SMILES string of the molecule is CCc1ccc(CC)c(C(Br)C2CCCCO2)c1. The van der Waals surface area contributed by atoms with Crippen LogP contribution < -0.4 is 0 Å². The van der Waals surface area contributed by atoms with Gasteiger partial charge >= 0.3 is 0 Å². The van der Waals surface area contributed by atoms with Gasteiger partial charge in [-0.3, -0.25) is 0 Å². The van der Waals surface area contributed by atoms with E-state index in [4.69, 9.17) is 4.74 Å². The minimum atomic E-state index is 0.344. The van der Waals surface area contributed by atoms with Gasteiger partial charge in [-0.2, -0.15) is 0 Å². The Balaban J connectivity index is 2.23. The molecular weight excluding hydrogens is 288 g/mol. The van der Waals surface area contributed by atoms with Crippen LogP contribution in [0.2, 0.25) is 0 Å². The maximum Gasteiger partial charge on any atom is 0.0741 e. The van der Waals surface area contributed by atoms with E-state index in [-0.39, 0.29) is 0 Å². The van der Waals surface area contributed by atoms with E-state index in [1.54, 1.807) is 0 Å². The fourth-order valence-corrected chi connectivity index (χ4v) is 3.48. The van der Waals surface area contributed by atoms with Gasteiger partial charge in [0.1, 0.15) is 0 Å². The minimum absolute atomic E-state index is 0.344. The summed E-state index contributed by atoms with van der Waals surface area (Å²) in [6.07, 6.45) is 6.22. The molecule has 0 spiro atoms. The van der Waals surface area contributed by atoms with Crippen molar-refractivity contribution in [2.45, 2.75) is 56.9 Å². The van der Waals surface area contributed by atoms with E-state index in [9.17, 15) is 0 Å². The van der Waals surface area contributed by atoms with Crippen molar-refractivity contribution in [3.63, 3.8) is 0 Å². The first-order chi connectivity index (χ1) is 8.76. The molecule has 1 heterocycles. The highest BCUT2D eigenvalue weighted by atomic mass is 79.9. The third kappa shape index (κ3) is 3.16. The number of rotatable bonds is 4. The molecule has 18 heavy (non-hydrogen) atoms. The van der Waals surface area contributed by atoms with Gasteiger partial charge < -0.3 is 4.74 Å². The maximum absolute atomic E-state index is 5.92. The van der Waals surface area contributed by atoms with Gasteiger partial charge in [-0.15, -0.1) is 0 Å². The summed E-state index contributed by atoms with van der Waals surface area (Å²) in [7, 11) is 0. The molecule has 2 unspecified atom stereocenters. The average molecular weight is 311 g/mol. The van der Waals surface area contributed by atoms with Crippen molar-refractivity contribution in [2.24, 2.45) is 0 Å². The predicted octanol–water partition coefficient (Wildman–Crippen LogP) is 4.82. The molecule has 2 heteroatoms. The van der Waals surface area contributed by atoms with Gasteiger partial charge in [0, 0.05) is 6.61 Å². The zero-order valence-corrected chi connectivity index (χ0v) is 13.0. The molecule has 0 radical (unpaired) electrons. The third-order valence-corrected chi connectivity index (χ3v) is 4.92. The van der Waals surface area contributed by atoms with Crippen LogP contribution in [0.3, 0.4) is 0 Å². The van der Waals surface area contributed by atoms with Crippen LogP contribution in [0.5, 0.6) is 0 Å². The molecule has 1 aromatic rings. The second-order valence-corrected chi connectivity index (χ2v) is 6.03. The lowest BCUT2D eigenvalue weighted by atomic mass is 9.94. The predicted molar refractivity (Wildman–Crippen MR) is 80.5 cm³/mol. The highest BCUT2D eigenvalue weighted by Gasteiger charge is 2.25.